The van der Waals surface area contributed by atoms with E-state index in [1.54, 1.807) is 7.11 Å². The second-order valence-electron chi connectivity index (χ2n) is 4.24. The van der Waals surface area contributed by atoms with Gasteiger partial charge in [0.1, 0.15) is 5.75 Å². The van der Waals surface area contributed by atoms with Crippen molar-refractivity contribution in [2.24, 2.45) is 5.92 Å². The molecule has 0 amide bonds. The van der Waals surface area contributed by atoms with E-state index in [0.29, 0.717) is 11.2 Å². The summed E-state index contributed by atoms with van der Waals surface area (Å²) < 4.78 is 10.6. The van der Waals surface area contributed by atoms with Gasteiger partial charge in [-0.3, -0.25) is 0 Å². The molecule has 0 N–H and O–H groups in total. The minimum atomic E-state index is 0.468. The molecule has 2 atom stereocenters. The van der Waals surface area contributed by atoms with E-state index in [1.807, 2.05) is 12.1 Å². The van der Waals surface area contributed by atoms with Gasteiger partial charge in [0.05, 0.1) is 13.7 Å². The fraction of sp³-hybridized carbons (Fsp3) is 0.538. The van der Waals surface area contributed by atoms with Gasteiger partial charge in [0.15, 0.2) is 0 Å². The highest BCUT2D eigenvalue weighted by Gasteiger charge is 2.22. The van der Waals surface area contributed by atoms with Crippen molar-refractivity contribution in [1.82, 2.24) is 0 Å². The lowest BCUT2D eigenvalue weighted by Crippen LogP contribution is -2.29. The van der Waals surface area contributed by atoms with Crippen LogP contribution in [0, 0.1) is 5.92 Å². The summed E-state index contributed by atoms with van der Waals surface area (Å²) in [5.74, 6) is 1.44. The minimum absolute atomic E-state index is 0.468. The van der Waals surface area contributed by atoms with E-state index in [2.05, 4.69) is 24.8 Å². The van der Waals surface area contributed by atoms with Crippen molar-refractivity contribution in [3.63, 3.8) is 0 Å². The molecule has 1 saturated heterocycles. The van der Waals surface area contributed by atoms with Crippen LogP contribution in [0.15, 0.2) is 24.3 Å². The summed E-state index contributed by atoms with van der Waals surface area (Å²) in [4.78, 5) is 0. The number of hydrogen-bond acceptors (Lipinski definition) is 3. The first kappa shape index (κ1) is 11.8. The second-order valence-corrected chi connectivity index (χ2v) is 4.91. The molecule has 2 unspecified atom stereocenters. The van der Waals surface area contributed by atoms with Crippen LogP contribution in [0.3, 0.4) is 0 Å². The Morgan fingerprint density at radius 2 is 2.12 bits per heavy atom. The quantitative estimate of drug-likeness (QED) is 0.816. The highest BCUT2D eigenvalue weighted by molar-refractivity contribution is 7.81. The van der Waals surface area contributed by atoms with Crippen molar-refractivity contribution in [2.75, 3.05) is 20.3 Å². The number of thiol groups is 1. The van der Waals surface area contributed by atoms with Crippen LogP contribution in [0.4, 0.5) is 0 Å². The molecule has 16 heavy (non-hydrogen) atoms. The molecule has 1 aliphatic rings. The van der Waals surface area contributed by atoms with Gasteiger partial charge in [-0.25, -0.2) is 0 Å². The van der Waals surface area contributed by atoms with Crippen LogP contribution in [0.2, 0.25) is 0 Å². The fourth-order valence-corrected chi connectivity index (χ4v) is 2.34. The van der Waals surface area contributed by atoms with Crippen LogP contribution >= 0.6 is 12.6 Å². The van der Waals surface area contributed by atoms with E-state index < -0.39 is 0 Å². The number of hydrogen-bond donors (Lipinski definition) is 1. The average Bonchev–Trinajstić information content (AvgIpc) is 2.33. The molecule has 0 spiro atoms. The number of rotatable bonds is 3. The Labute approximate surface area is 102 Å². The summed E-state index contributed by atoms with van der Waals surface area (Å²) in [5.41, 5.74) is 1.33. The molecule has 0 bridgehead atoms. The summed E-state index contributed by atoms with van der Waals surface area (Å²) in [6.07, 6.45) is 2.10. The molecule has 3 heteroatoms. The maximum Gasteiger partial charge on any atom is 0.118 e. The molecule has 1 aromatic carbocycles. The Balaban J connectivity index is 1.96. The van der Waals surface area contributed by atoms with Crippen LogP contribution in [-0.4, -0.2) is 25.6 Å². The third-order valence-corrected chi connectivity index (χ3v) is 3.77. The molecule has 2 rings (SSSR count). The zero-order valence-electron chi connectivity index (χ0n) is 9.56. The summed E-state index contributed by atoms with van der Waals surface area (Å²) in [7, 11) is 1.69. The van der Waals surface area contributed by atoms with Crippen molar-refractivity contribution in [3.8, 4) is 5.75 Å². The summed E-state index contributed by atoms with van der Waals surface area (Å²) in [6, 6.07) is 8.25. The number of benzene rings is 1. The van der Waals surface area contributed by atoms with Crippen molar-refractivity contribution < 1.29 is 9.47 Å². The van der Waals surface area contributed by atoms with Crippen molar-refractivity contribution in [2.45, 2.75) is 18.1 Å². The lowest BCUT2D eigenvalue weighted by atomic mass is 9.93. The maximum absolute atomic E-state index is 5.50. The normalized spacial score (nSPS) is 25.4. The molecule has 1 aromatic rings. The van der Waals surface area contributed by atoms with Gasteiger partial charge in [-0.1, -0.05) is 12.1 Å². The monoisotopic (exact) mass is 238 g/mol. The molecule has 88 valence electrons. The van der Waals surface area contributed by atoms with Gasteiger partial charge in [0, 0.05) is 11.9 Å². The molecule has 1 aliphatic heterocycles. The third-order valence-electron chi connectivity index (χ3n) is 3.09. The van der Waals surface area contributed by atoms with Gasteiger partial charge in [-0.05, 0) is 36.5 Å². The lowest BCUT2D eigenvalue weighted by Gasteiger charge is -2.28. The first-order valence-corrected chi connectivity index (χ1v) is 6.20. The van der Waals surface area contributed by atoms with Gasteiger partial charge >= 0.3 is 0 Å². The average molecular weight is 238 g/mol. The summed E-state index contributed by atoms with van der Waals surface area (Å²) in [6.45, 7) is 1.69. The van der Waals surface area contributed by atoms with Crippen LogP contribution in [0.1, 0.15) is 12.0 Å². The molecule has 0 saturated carbocycles. The largest absolute Gasteiger partial charge is 0.497 e. The van der Waals surface area contributed by atoms with E-state index in [-0.39, 0.29) is 0 Å². The molecule has 1 fully saturated rings. The van der Waals surface area contributed by atoms with Gasteiger partial charge in [-0.15, -0.1) is 0 Å². The standard InChI is InChI=1S/C13H18O2S/c1-14-12-4-2-10(3-5-12)8-11-9-15-7-6-13(11)16/h2-5,11,13,16H,6-9H2,1H3. The Morgan fingerprint density at radius 1 is 1.38 bits per heavy atom. The summed E-state index contributed by atoms with van der Waals surface area (Å²) >= 11 is 4.62. The first-order valence-electron chi connectivity index (χ1n) is 5.68. The zero-order valence-corrected chi connectivity index (χ0v) is 10.5. The van der Waals surface area contributed by atoms with Gasteiger partial charge < -0.3 is 9.47 Å². The van der Waals surface area contributed by atoms with Crippen LogP contribution in [-0.2, 0) is 11.2 Å². The maximum atomic E-state index is 5.50. The van der Waals surface area contributed by atoms with Crippen LogP contribution < -0.4 is 4.74 Å². The van der Waals surface area contributed by atoms with Crippen molar-refractivity contribution in [1.29, 1.82) is 0 Å². The van der Waals surface area contributed by atoms with Crippen LogP contribution in [0.5, 0.6) is 5.75 Å². The first-order chi connectivity index (χ1) is 7.79. The molecule has 0 aromatic heterocycles. The van der Waals surface area contributed by atoms with Gasteiger partial charge in [0.2, 0.25) is 0 Å². The topological polar surface area (TPSA) is 18.5 Å². The van der Waals surface area contributed by atoms with Crippen molar-refractivity contribution in [3.05, 3.63) is 29.8 Å². The van der Waals surface area contributed by atoms with E-state index in [0.717, 1.165) is 31.8 Å². The molecular weight excluding hydrogens is 220 g/mol. The summed E-state index contributed by atoms with van der Waals surface area (Å²) in [5, 5.41) is 0.468. The van der Waals surface area contributed by atoms with E-state index in [9.17, 15) is 0 Å². The van der Waals surface area contributed by atoms with Crippen molar-refractivity contribution >= 4 is 12.6 Å². The molecule has 0 radical (unpaired) electrons. The smallest absolute Gasteiger partial charge is 0.118 e. The predicted molar refractivity (Wildman–Crippen MR) is 68.4 cm³/mol. The zero-order chi connectivity index (χ0) is 11.4. The fourth-order valence-electron chi connectivity index (χ4n) is 2.04. The SMILES string of the molecule is COc1ccc(CC2COCCC2S)cc1. The molecule has 2 nitrogen and oxygen atoms in total. The van der Waals surface area contributed by atoms with E-state index in [4.69, 9.17) is 9.47 Å². The number of ether oxygens (including phenoxy) is 2. The Morgan fingerprint density at radius 3 is 2.75 bits per heavy atom. The Bertz CT molecular complexity index is 323. The minimum Gasteiger partial charge on any atom is -0.497 e. The van der Waals surface area contributed by atoms with E-state index in [1.165, 1.54) is 5.56 Å². The highest BCUT2D eigenvalue weighted by atomic mass is 32.1. The van der Waals surface area contributed by atoms with Crippen LogP contribution in [0.25, 0.3) is 0 Å². The molecule has 0 aliphatic carbocycles. The molecular formula is C13H18O2S. The second kappa shape index (κ2) is 5.60. The van der Waals surface area contributed by atoms with E-state index >= 15 is 0 Å². The molecule has 1 heterocycles. The lowest BCUT2D eigenvalue weighted by molar-refractivity contribution is 0.0596. The van der Waals surface area contributed by atoms with Gasteiger partial charge in [-0.2, -0.15) is 12.6 Å². The third kappa shape index (κ3) is 2.92. The number of methoxy groups -OCH3 is 1. The Kier molecular flexibility index (Phi) is 4.13. The predicted octanol–water partition coefficient (Wildman–Crippen LogP) is 2.57. The highest BCUT2D eigenvalue weighted by Crippen LogP contribution is 2.24. The Hall–Kier alpha value is -0.670. The van der Waals surface area contributed by atoms with Gasteiger partial charge in [0.25, 0.3) is 0 Å².